The first-order chi connectivity index (χ1) is 9.05. The van der Waals surface area contributed by atoms with E-state index < -0.39 is 35.0 Å². The molecule has 0 bridgehead atoms. The molecule has 1 aromatic rings. The van der Waals surface area contributed by atoms with Gasteiger partial charge >= 0.3 is 18.3 Å². The van der Waals surface area contributed by atoms with Gasteiger partial charge in [0.05, 0.1) is 23.3 Å². The number of carbonyl (C=O) groups excluding carboxylic acids is 1. The quantitative estimate of drug-likeness (QED) is 0.615. The van der Waals surface area contributed by atoms with Crippen molar-refractivity contribution >= 4 is 5.97 Å². The van der Waals surface area contributed by atoms with Gasteiger partial charge in [-0.15, -0.1) is 0 Å². The lowest BCUT2D eigenvalue weighted by molar-refractivity contribution is -0.143. The molecule has 0 saturated heterocycles. The topological polar surface area (TPSA) is 26.3 Å². The average Bonchev–Trinajstić information content (AvgIpc) is 2.33. The van der Waals surface area contributed by atoms with Crippen molar-refractivity contribution in [2.24, 2.45) is 0 Å². The van der Waals surface area contributed by atoms with Gasteiger partial charge in [0, 0.05) is 0 Å². The smallest absolute Gasteiger partial charge is 0.416 e. The van der Waals surface area contributed by atoms with Gasteiger partial charge in [0.2, 0.25) is 0 Å². The second-order valence-electron chi connectivity index (χ2n) is 3.93. The van der Waals surface area contributed by atoms with Crippen molar-refractivity contribution in [2.75, 3.05) is 6.61 Å². The lowest BCUT2D eigenvalue weighted by Crippen LogP contribution is -2.14. The molecule has 20 heavy (non-hydrogen) atoms. The van der Waals surface area contributed by atoms with Gasteiger partial charge in [-0.05, 0) is 24.6 Å². The predicted octanol–water partition coefficient (Wildman–Crippen LogP) is 4.29. The van der Waals surface area contributed by atoms with Gasteiger partial charge in [-0.2, -0.15) is 26.3 Å². The van der Waals surface area contributed by atoms with Gasteiger partial charge < -0.3 is 4.74 Å². The van der Waals surface area contributed by atoms with Gasteiger partial charge in [-0.1, -0.05) is 6.92 Å². The Hall–Kier alpha value is -1.73. The number of esters is 1. The maximum absolute atomic E-state index is 12.5. The number of halogens is 6. The summed E-state index contributed by atoms with van der Waals surface area (Å²) in [6, 6.07) is 0.636. The Morgan fingerprint density at radius 3 is 1.80 bits per heavy atom. The van der Waals surface area contributed by atoms with Crippen LogP contribution in [0.15, 0.2) is 18.2 Å². The average molecular weight is 300 g/mol. The Balaban J connectivity index is 3.27. The van der Waals surface area contributed by atoms with E-state index in [2.05, 4.69) is 4.74 Å². The molecule has 0 aliphatic rings. The summed E-state index contributed by atoms with van der Waals surface area (Å²) in [6.45, 7) is 1.55. The van der Waals surface area contributed by atoms with Crippen molar-refractivity contribution in [2.45, 2.75) is 25.7 Å². The van der Waals surface area contributed by atoms with E-state index in [-0.39, 0.29) is 12.7 Å². The monoisotopic (exact) mass is 300 g/mol. The lowest BCUT2D eigenvalue weighted by Gasteiger charge is -2.13. The van der Waals surface area contributed by atoms with Crippen molar-refractivity contribution < 1.29 is 35.9 Å². The fourth-order valence-corrected chi connectivity index (χ4v) is 1.35. The third-order valence-corrected chi connectivity index (χ3v) is 2.26. The van der Waals surface area contributed by atoms with Crippen LogP contribution in [0.3, 0.4) is 0 Å². The van der Waals surface area contributed by atoms with E-state index in [0.29, 0.717) is 18.6 Å². The molecule has 0 amide bonds. The van der Waals surface area contributed by atoms with E-state index in [1.54, 1.807) is 6.92 Å². The molecule has 0 atom stereocenters. The number of rotatable bonds is 3. The SMILES string of the molecule is CCCOC(=O)c1cc(C(F)(F)F)cc(C(F)(F)F)c1. The Morgan fingerprint density at radius 2 is 1.45 bits per heavy atom. The molecule has 0 aliphatic carbocycles. The maximum Gasteiger partial charge on any atom is 0.416 e. The van der Waals surface area contributed by atoms with E-state index in [0.717, 1.165) is 0 Å². The van der Waals surface area contributed by atoms with Crippen LogP contribution in [0.2, 0.25) is 0 Å². The van der Waals surface area contributed by atoms with E-state index in [9.17, 15) is 31.1 Å². The van der Waals surface area contributed by atoms with Gasteiger partial charge in [0.15, 0.2) is 0 Å². The third-order valence-electron chi connectivity index (χ3n) is 2.26. The molecule has 0 spiro atoms. The summed E-state index contributed by atoms with van der Waals surface area (Å²) in [4.78, 5) is 11.4. The first kappa shape index (κ1) is 16.3. The standard InChI is InChI=1S/C12H10F6O2/c1-2-3-20-10(19)7-4-8(11(13,14)15)6-9(5-7)12(16,17)18/h4-6H,2-3H2,1H3. The maximum atomic E-state index is 12.5. The highest BCUT2D eigenvalue weighted by Crippen LogP contribution is 2.36. The zero-order valence-electron chi connectivity index (χ0n) is 10.2. The molecule has 0 N–H and O–H groups in total. The first-order valence-corrected chi connectivity index (χ1v) is 5.52. The van der Waals surface area contributed by atoms with Crippen LogP contribution >= 0.6 is 0 Å². The first-order valence-electron chi connectivity index (χ1n) is 5.52. The molecular weight excluding hydrogens is 290 g/mol. The second-order valence-corrected chi connectivity index (χ2v) is 3.93. The van der Waals surface area contributed by atoms with E-state index in [1.807, 2.05) is 0 Å². The summed E-state index contributed by atoms with van der Waals surface area (Å²) in [5, 5.41) is 0. The van der Waals surface area contributed by atoms with Gasteiger partial charge in [-0.25, -0.2) is 4.79 Å². The molecule has 1 aromatic carbocycles. The van der Waals surface area contributed by atoms with Crippen molar-refractivity contribution in [3.05, 3.63) is 34.9 Å². The Bertz CT molecular complexity index is 457. The Kier molecular flexibility index (Phi) is 4.67. The van der Waals surface area contributed by atoms with Crippen LogP contribution in [0.5, 0.6) is 0 Å². The van der Waals surface area contributed by atoms with Crippen LogP contribution < -0.4 is 0 Å². The zero-order valence-corrected chi connectivity index (χ0v) is 10.2. The minimum atomic E-state index is -4.99. The largest absolute Gasteiger partial charge is 0.462 e. The molecule has 112 valence electrons. The zero-order chi connectivity index (χ0) is 15.6. The van der Waals surface area contributed by atoms with Crippen LogP contribution in [0, 0.1) is 0 Å². The lowest BCUT2D eigenvalue weighted by atomic mass is 10.0. The molecule has 8 heteroatoms. The summed E-state index contributed by atoms with van der Waals surface area (Å²) < 4.78 is 79.7. The van der Waals surface area contributed by atoms with Crippen LogP contribution in [0.4, 0.5) is 26.3 Å². The normalized spacial score (nSPS) is 12.3. The molecule has 2 nitrogen and oxygen atoms in total. The molecule has 0 radical (unpaired) electrons. The minimum absolute atomic E-state index is 0.0450. The number of alkyl halides is 6. The summed E-state index contributed by atoms with van der Waals surface area (Å²) in [5.41, 5.74) is -3.87. The number of ether oxygens (including phenoxy) is 1. The Labute approximate surface area is 110 Å². The third kappa shape index (κ3) is 4.14. The van der Waals surface area contributed by atoms with E-state index >= 15 is 0 Å². The van der Waals surface area contributed by atoms with Crippen LogP contribution in [-0.2, 0) is 17.1 Å². The molecule has 0 heterocycles. The van der Waals surface area contributed by atoms with Crippen LogP contribution in [-0.4, -0.2) is 12.6 Å². The highest BCUT2D eigenvalue weighted by Gasteiger charge is 2.37. The second kappa shape index (κ2) is 5.72. The van der Waals surface area contributed by atoms with E-state index in [1.165, 1.54) is 0 Å². The van der Waals surface area contributed by atoms with Crippen LogP contribution in [0.1, 0.15) is 34.8 Å². The number of hydrogen-bond acceptors (Lipinski definition) is 2. The highest BCUT2D eigenvalue weighted by molar-refractivity contribution is 5.90. The van der Waals surface area contributed by atoms with Gasteiger partial charge in [0.25, 0.3) is 0 Å². The molecule has 1 rings (SSSR count). The molecular formula is C12H10F6O2. The highest BCUT2D eigenvalue weighted by atomic mass is 19.4. The minimum Gasteiger partial charge on any atom is -0.462 e. The predicted molar refractivity (Wildman–Crippen MR) is 57.0 cm³/mol. The number of hydrogen-bond donors (Lipinski definition) is 0. The van der Waals surface area contributed by atoms with Crippen molar-refractivity contribution in [1.29, 1.82) is 0 Å². The summed E-state index contributed by atoms with van der Waals surface area (Å²) >= 11 is 0. The molecule has 0 fully saturated rings. The molecule has 0 saturated carbocycles. The van der Waals surface area contributed by atoms with Gasteiger partial charge in [0.1, 0.15) is 0 Å². The molecule has 0 unspecified atom stereocenters. The Morgan fingerprint density at radius 1 is 1.00 bits per heavy atom. The summed E-state index contributed by atoms with van der Waals surface area (Å²) in [6.07, 6.45) is -9.57. The van der Waals surface area contributed by atoms with E-state index in [4.69, 9.17) is 0 Å². The fourth-order valence-electron chi connectivity index (χ4n) is 1.35. The summed E-state index contributed by atoms with van der Waals surface area (Å²) in [7, 11) is 0. The fraction of sp³-hybridized carbons (Fsp3) is 0.417. The molecule has 0 aliphatic heterocycles. The van der Waals surface area contributed by atoms with Crippen molar-refractivity contribution in [3.63, 3.8) is 0 Å². The van der Waals surface area contributed by atoms with Crippen LogP contribution in [0.25, 0.3) is 0 Å². The number of carbonyl (C=O) groups is 1. The van der Waals surface area contributed by atoms with Gasteiger partial charge in [-0.3, -0.25) is 0 Å². The molecule has 0 aromatic heterocycles. The number of benzene rings is 1. The van der Waals surface area contributed by atoms with Crippen molar-refractivity contribution in [1.82, 2.24) is 0 Å². The van der Waals surface area contributed by atoms with Crippen molar-refractivity contribution in [3.8, 4) is 0 Å². The summed E-state index contributed by atoms with van der Waals surface area (Å²) in [5.74, 6) is -1.22.